The van der Waals surface area contributed by atoms with Gasteiger partial charge in [0.05, 0.1) is 5.39 Å². The molecule has 0 saturated heterocycles. The average molecular weight is 289 g/mol. The molecule has 0 fully saturated rings. The summed E-state index contributed by atoms with van der Waals surface area (Å²) in [5, 5.41) is 6.03. The molecule has 2 heterocycles. The zero-order chi connectivity index (χ0) is 14.1. The lowest BCUT2D eigenvalue weighted by Gasteiger charge is -2.10. The van der Waals surface area contributed by atoms with Gasteiger partial charge in [-0.1, -0.05) is 0 Å². The lowest BCUT2D eigenvalue weighted by Crippen LogP contribution is -2.11. The Bertz CT molecular complexity index is 771. The third-order valence-corrected chi connectivity index (χ3v) is 3.70. The Morgan fingerprint density at radius 3 is 2.85 bits per heavy atom. The van der Waals surface area contributed by atoms with E-state index in [9.17, 15) is 4.39 Å². The van der Waals surface area contributed by atoms with E-state index in [-0.39, 0.29) is 5.82 Å². The summed E-state index contributed by atoms with van der Waals surface area (Å²) < 4.78 is 13.1. The van der Waals surface area contributed by atoms with Gasteiger partial charge in [0, 0.05) is 5.69 Å². The van der Waals surface area contributed by atoms with Gasteiger partial charge in [-0.25, -0.2) is 15.2 Å². The Labute approximate surface area is 118 Å². The van der Waals surface area contributed by atoms with E-state index in [1.165, 1.54) is 23.5 Å². The van der Waals surface area contributed by atoms with Crippen LogP contribution in [-0.4, -0.2) is 9.97 Å². The van der Waals surface area contributed by atoms with Gasteiger partial charge in [0.15, 0.2) is 0 Å². The Balaban J connectivity index is 2.07. The van der Waals surface area contributed by atoms with E-state index in [4.69, 9.17) is 5.84 Å². The molecule has 5 nitrogen and oxygen atoms in total. The highest BCUT2D eigenvalue weighted by atomic mass is 32.1. The smallest absolute Gasteiger partial charge is 0.240 e. The van der Waals surface area contributed by atoms with Gasteiger partial charge in [-0.3, -0.25) is 5.43 Å². The van der Waals surface area contributed by atoms with Gasteiger partial charge >= 0.3 is 0 Å². The topological polar surface area (TPSA) is 75.9 Å². The van der Waals surface area contributed by atoms with Crippen LogP contribution in [0.4, 0.5) is 21.8 Å². The van der Waals surface area contributed by atoms with Crippen molar-refractivity contribution >= 4 is 39.0 Å². The molecule has 0 saturated carbocycles. The van der Waals surface area contributed by atoms with Crippen LogP contribution in [0.25, 0.3) is 10.2 Å². The second kappa shape index (κ2) is 5.03. The summed E-state index contributed by atoms with van der Waals surface area (Å²) >= 11 is 1.50. The minimum absolute atomic E-state index is 0.263. The highest BCUT2D eigenvalue weighted by molar-refractivity contribution is 7.16. The molecule has 2 aromatic heterocycles. The molecule has 1 aromatic carbocycles. The number of halogens is 1. The van der Waals surface area contributed by atoms with E-state index < -0.39 is 0 Å². The summed E-state index contributed by atoms with van der Waals surface area (Å²) in [6.45, 7) is 1.83. The number of aromatic nitrogens is 2. The van der Waals surface area contributed by atoms with Crippen molar-refractivity contribution in [2.75, 3.05) is 10.7 Å². The Hall–Kier alpha value is -2.25. The molecule has 3 rings (SSSR count). The maximum Gasteiger partial charge on any atom is 0.240 e. The van der Waals surface area contributed by atoms with E-state index in [2.05, 4.69) is 20.7 Å². The number of thiophene rings is 1. The molecule has 0 aliphatic carbocycles. The number of hydrogen-bond donors (Lipinski definition) is 3. The largest absolute Gasteiger partial charge is 0.339 e. The van der Waals surface area contributed by atoms with E-state index >= 15 is 0 Å². The lowest BCUT2D eigenvalue weighted by atomic mass is 10.2. The van der Waals surface area contributed by atoms with Crippen molar-refractivity contribution in [3.8, 4) is 0 Å². The van der Waals surface area contributed by atoms with Gasteiger partial charge in [0.25, 0.3) is 0 Å². The van der Waals surface area contributed by atoms with Gasteiger partial charge in [0.2, 0.25) is 5.95 Å². The van der Waals surface area contributed by atoms with E-state index in [0.717, 1.165) is 21.5 Å². The first-order valence-corrected chi connectivity index (χ1v) is 6.80. The van der Waals surface area contributed by atoms with E-state index in [1.54, 1.807) is 6.07 Å². The van der Waals surface area contributed by atoms with Crippen molar-refractivity contribution in [1.82, 2.24) is 9.97 Å². The molecule has 3 aromatic rings. The van der Waals surface area contributed by atoms with Crippen LogP contribution < -0.4 is 16.6 Å². The molecule has 4 N–H and O–H groups in total. The molecule has 102 valence electrons. The molecular weight excluding hydrogens is 277 g/mol. The zero-order valence-electron chi connectivity index (χ0n) is 10.6. The molecule has 0 radical (unpaired) electrons. The zero-order valence-corrected chi connectivity index (χ0v) is 11.5. The minimum Gasteiger partial charge on any atom is -0.339 e. The highest BCUT2D eigenvalue weighted by Gasteiger charge is 2.10. The van der Waals surface area contributed by atoms with Crippen LogP contribution in [0.3, 0.4) is 0 Å². The fraction of sp³-hybridized carbons (Fsp3) is 0.0769. The normalized spacial score (nSPS) is 10.8. The summed E-state index contributed by atoms with van der Waals surface area (Å²) in [5.74, 6) is 6.08. The van der Waals surface area contributed by atoms with Crippen molar-refractivity contribution in [1.29, 1.82) is 0 Å². The number of nitrogens with zero attached hydrogens (tertiary/aromatic N) is 2. The number of hydrogen-bond acceptors (Lipinski definition) is 6. The average Bonchev–Trinajstić information content (AvgIpc) is 2.90. The molecular formula is C13H12FN5S. The van der Waals surface area contributed by atoms with E-state index in [1.807, 2.05) is 18.4 Å². The first kappa shape index (κ1) is 12.8. The summed E-state index contributed by atoms with van der Waals surface area (Å²) in [5.41, 5.74) is 4.04. The van der Waals surface area contributed by atoms with Crippen LogP contribution in [0.15, 0.2) is 29.6 Å². The molecule has 0 unspecified atom stereocenters. The Kier molecular flexibility index (Phi) is 3.21. The van der Waals surface area contributed by atoms with Gasteiger partial charge < -0.3 is 5.32 Å². The van der Waals surface area contributed by atoms with Gasteiger partial charge in [-0.05, 0) is 42.1 Å². The quantitative estimate of drug-likeness (QED) is 0.510. The van der Waals surface area contributed by atoms with Crippen molar-refractivity contribution in [3.63, 3.8) is 0 Å². The Morgan fingerprint density at radius 2 is 2.10 bits per heavy atom. The summed E-state index contributed by atoms with van der Waals surface area (Å²) in [6, 6.07) is 6.49. The molecule has 0 atom stereocenters. The van der Waals surface area contributed by atoms with E-state index in [0.29, 0.717) is 11.8 Å². The predicted molar refractivity (Wildman–Crippen MR) is 79.6 cm³/mol. The second-order valence-corrected chi connectivity index (χ2v) is 5.16. The number of nitrogens with one attached hydrogen (secondary N) is 2. The highest BCUT2D eigenvalue weighted by Crippen LogP contribution is 2.29. The monoisotopic (exact) mass is 289 g/mol. The third kappa shape index (κ3) is 2.28. The number of hydrazine groups is 1. The number of nitrogens with two attached hydrogens (primary N) is 1. The van der Waals surface area contributed by atoms with Crippen molar-refractivity contribution in [2.24, 2.45) is 5.84 Å². The molecule has 0 bridgehead atoms. The number of fused-ring (bicyclic) bond motifs is 1. The number of rotatable bonds is 3. The second-order valence-electron chi connectivity index (χ2n) is 4.26. The first-order chi connectivity index (χ1) is 9.67. The van der Waals surface area contributed by atoms with Crippen molar-refractivity contribution < 1.29 is 4.39 Å². The van der Waals surface area contributed by atoms with Crippen LogP contribution in [-0.2, 0) is 0 Å². The standard InChI is InChI=1S/C13H12FN5S/c1-7-6-8(14)2-3-10(7)16-11-9-4-5-20-12(9)18-13(17-11)19-15/h2-6H,15H2,1H3,(H2,16,17,18,19). The maximum atomic E-state index is 13.1. The van der Waals surface area contributed by atoms with Crippen LogP contribution in [0.1, 0.15) is 5.56 Å². The lowest BCUT2D eigenvalue weighted by molar-refractivity contribution is 0.627. The number of aryl methyl sites for hydroxylation is 1. The summed E-state index contributed by atoms with van der Waals surface area (Å²) in [7, 11) is 0. The van der Waals surface area contributed by atoms with Crippen LogP contribution >= 0.6 is 11.3 Å². The van der Waals surface area contributed by atoms with Gasteiger partial charge in [-0.2, -0.15) is 4.98 Å². The third-order valence-electron chi connectivity index (χ3n) is 2.90. The van der Waals surface area contributed by atoms with Crippen LogP contribution in [0, 0.1) is 12.7 Å². The van der Waals surface area contributed by atoms with Crippen LogP contribution in [0.5, 0.6) is 0 Å². The summed E-state index contributed by atoms with van der Waals surface area (Å²) in [4.78, 5) is 9.40. The van der Waals surface area contributed by atoms with Crippen molar-refractivity contribution in [2.45, 2.75) is 6.92 Å². The summed E-state index contributed by atoms with van der Waals surface area (Å²) in [6.07, 6.45) is 0. The molecule has 0 amide bonds. The minimum atomic E-state index is -0.263. The molecule has 0 aliphatic rings. The number of nitrogen functional groups attached to an aromatic ring is 1. The maximum absolute atomic E-state index is 13.1. The molecule has 7 heteroatoms. The van der Waals surface area contributed by atoms with Crippen LogP contribution in [0.2, 0.25) is 0 Å². The molecule has 20 heavy (non-hydrogen) atoms. The molecule has 0 aliphatic heterocycles. The predicted octanol–water partition coefficient (Wildman–Crippen LogP) is 3.17. The molecule has 0 spiro atoms. The fourth-order valence-electron chi connectivity index (χ4n) is 1.91. The van der Waals surface area contributed by atoms with Crippen molar-refractivity contribution in [3.05, 3.63) is 41.0 Å². The number of anilines is 3. The van der Waals surface area contributed by atoms with Gasteiger partial charge in [-0.15, -0.1) is 11.3 Å². The van der Waals surface area contributed by atoms with Gasteiger partial charge in [0.1, 0.15) is 16.5 Å². The number of benzene rings is 1. The first-order valence-electron chi connectivity index (χ1n) is 5.92. The Morgan fingerprint density at radius 1 is 1.25 bits per heavy atom. The SMILES string of the molecule is Cc1cc(F)ccc1Nc1nc(NN)nc2sccc12. The fourth-order valence-corrected chi connectivity index (χ4v) is 2.67.